The van der Waals surface area contributed by atoms with E-state index >= 15 is 0 Å². The predicted molar refractivity (Wildman–Crippen MR) is 118 cm³/mol. The lowest BCUT2D eigenvalue weighted by atomic mass is 10.0. The molecule has 0 saturated heterocycles. The van der Waals surface area contributed by atoms with E-state index in [9.17, 15) is 9.59 Å². The number of ether oxygens (including phenoxy) is 2. The smallest absolute Gasteiger partial charge is 0.339 e. The SMILES string of the molecule is C=Cc1ccc(COc2ccc3c(C)c(CCC(=O)OCC)c(=O)oc3c2C)cc1. The number of aryl methyl sites for hydroxylation is 2. The van der Waals surface area contributed by atoms with Crippen LogP contribution in [0.15, 0.2) is 52.2 Å². The average molecular weight is 406 g/mol. The van der Waals surface area contributed by atoms with Gasteiger partial charge >= 0.3 is 11.6 Å². The number of hydrogen-bond donors (Lipinski definition) is 0. The third-order valence-corrected chi connectivity index (χ3v) is 5.15. The van der Waals surface area contributed by atoms with Crippen molar-refractivity contribution in [1.82, 2.24) is 0 Å². The molecule has 0 aliphatic carbocycles. The second kappa shape index (κ2) is 9.44. The summed E-state index contributed by atoms with van der Waals surface area (Å²) in [6, 6.07) is 11.7. The summed E-state index contributed by atoms with van der Waals surface area (Å²) < 4.78 is 16.5. The maximum Gasteiger partial charge on any atom is 0.339 e. The summed E-state index contributed by atoms with van der Waals surface area (Å²) in [4.78, 5) is 24.2. The van der Waals surface area contributed by atoms with Crippen molar-refractivity contribution < 1.29 is 18.7 Å². The molecule has 3 rings (SSSR count). The van der Waals surface area contributed by atoms with E-state index in [0.717, 1.165) is 27.6 Å². The van der Waals surface area contributed by atoms with Crippen LogP contribution in [0.25, 0.3) is 17.0 Å². The van der Waals surface area contributed by atoms with Gasteiger partial charge in [-0.3, -0.25) is 4.79 Å². The third kappa shape index (κ3) is 4.62. The molecule has 0 radical (unpaired) electrons. The van der Waals surface area contributed by atoms with Gasteiger partial charge in [0.1, 0.15) is 17.9 Å². The molecule has 0 aliphatic heterocycles. The van der Waals surface area contributed by atoms with Crippen molar-refractivity contribution >= 4 is 23.0 Å². The van der Waals surface area contributed by atoms with E-state index in [0.29, 0.717) is 36.5 Å². The van der Waals surface area contributed by atoms with E-state index < -0.39 is 5.63 Å². The van der Waals surface area contributed by atoms with E-state index in [1.165, 1.54) is 0 Å². The Hall–Kier alpha value is -3.34. The molecule has 1 aromatic heterocycles. The van der Waals surface area contributed by atoms with Crippen LogP contribution in [0.4, 0.5) is 0 Å². The fourth-order valence-corrected chi connectivity index (χ4v) is 3.39. The molecule has 0 aliphatic rings. The van der Waals surface area contributed by atoms with Gasteiger partial charge in [-0.1, -0.05) is 36.9 Å². The largest absolute Gasteiger partial charge is 0.488 e. The maximum atomic E-state index is 12.6. The highest BCUT2D eigenvalue weighted by Gasteiger charge is 2.16. The first kappa shape index (κ1) is 21.4. The molecule has 0 bridgehead atoms. The van der Waals surface area contributed by atoms with Crippen molar-refractivity contribution in [3.63, 3.8) is 0 Å². The zero-order valence-corrected chi connectivity index (χ0v) is 17.6. The Morgan fingerprint density at radius 2 is 1.83 bits per heavy atom. The monoisotopic (exact) mass is 406 g/mol. The van der Waals surface area contributed by atoms with Gasteiger partial charge in [-0.15, -0.1) is 0 Å². The minimum absolute atomic E-state index is 0.149. The number of rotatable bonds is 8. The zero-order valence-electron chi connectivity index (χ0n) is 17.6. The Bertz CT molecular complexity index is 1120. The minimum atomic E-state index is -0.426. The highest BCUT2D eigenvalue weighted by molar-refractivity contribution is 5.85. The van der Waals surface area contributed by atoms with Gasteiger partial charge in [0.15, 0.2) is 0 Å². The molecule has 1 heterocycles. The molecule has 0 atom stereocenters. The summed E-state index contributed by atoms with van der Waals surface area (Å²) >= 11 is 0. The van der Waals surface area contributed by atoms with Gasteiger partial charge in [-0.25, -0.2) is 4.79 Å². The van der Waals surface area contributed by atoms with Gasteiger partial charge in [-0.2, -0.15) is 0 Å². The molecule has 2 aromatic carbocycles. The van der Waals surface area contributed by atoms with E-state index in [2.05, 4.69) is 6.58 Å². The van der Waals surface area contributed by atoms with E-state index in [1.54, 1.807) is 13.0 Å². The van der Waals surface area contributed by atoms with Crippen LogP contribution in [0.1, 0.15) is 41.2 Å². The van der Waals surface area contributed by atoms with Crippen molar-refractivity contribution in [3.8, 4) is 5.75 Å². The van der Waals surface area contributed by atoms with Crippen molar-refractivity contribution in [2.24, 2.45) is 0 Å². The number of carbonyl (C=O) groups excluding carboxylic acids is 1. The Morgan fingerprint density at radius 3 is 2.50 bits per heavy atom. The Labute approximate surface area is 175 Å². The van der Waals surface area contributed by atoms with E-state index in [4.69, 9.17) is 13.9 Å². The van der Waals surface area contributed by atoms with Gasteiger partial charge in [0, 0.05) is 22.9 Å². The Morgan fingerprint density at radius 1 is 1.10 bits per heavy atom. The normalized spacial score (nSPS) is 10.8. The summed E-state index contributed by atoms with van der Waals surface area (Å²) in [5, 5.41) is 0.841. The lowest BCUT2D eigenvalue weighted by Gasteiger charge is -2.13. The van der Waals surface area contributed by atoms with Crippen LogP contribution in [0, 0.1) is 13.8 Å². The molecule has 3 aromatic rings. The fraction of sp³-hybridized carbons (Fsp3) is 0.280. The van der Waals surface area contributed by atoms with E-state index in [-0.39, 0.29) is 12.4 Å². The van der Waals surface area contributed by atoms with Crippen LogP contribution in [0.2, 0.25) is 0 Å². The highest BCUT2D eigenvalue weighted by Crippen LogP contribution is 2.30. The molecule has 5 heteroatoms. The molecule has 0 N–H and O–H groups in total. The van der Waals surface area contributed by atoms with Crippen LogP contribution >= 0.6 is 0 Å². The second-order valence-corrected chi connectivity index (χ2v) is 7.10. The fourth-order valence-electron chi connectivity index (χ4n) is 3.39. The van der Waals surface area contributed by atoms with Crippen LogP contribution < -0.4 is 10.4 Å². The molecule has 0 amide bonds. The molecule has 0 unspecified atom stereocenters. The topological polar surface area (TPSA) is 65.7 Å². The standard InChI is InChI=1S/C25H26O5/c1-5-18-7-9-19(10-8-18)15-29-22-13-11-20-16(3)21(12-14-23(26)28-6-2)25(27)30-24(20)17(22)4/h5,7-11,13H,1,6,12,14-15H2,2-4H3. The molecule has 0 saturated carbocycles. The van der Waals surface area contributed by atoms with Gasteiger partial charge < -0.3 is 13.9 Å². The average Bonchev–Trinajstić information content (AvgIpc) is 2.74. The number of fused-ring (bicyclic) bond motifs is 1. The summed E-state index contributed by atoms with van der Waals surface area (Å²) in [5.74, 6) is 0.342. The quantitative estimate of drug-likeness (QED) is 0.383. The molecule has 5 nitrogen and oxygen atoms in total. The predicted octanol–water partition coefficient (Wildman–Crippen LogP) is 5.13. The van der Waals surface area contributed by atoms with Crippen molar-refractivity contribution in [2.45, 2.75) is 40.2 Å². The second-order valence-electron chi connectivity index (χ2n) is 7.10. The van der Waals surface area contributed by atoms with Gasteiger partial charge in [-0.05, 0) is 56.0 Å². The number of hydrogen-bond acceptors (Lipinski definition) is 5. The summed E-state index contributed by atoms with van der Waals surface area (Å²) in [7, 11) is 0. The van der Waals surface area contributed by atoms with Gasteiger partial charge in [0.2, 0.25) is 0 Å². The lowest BCUT2D eigenvalue weighted by molar-refractivity contribution is -0.143. The number of esters is 1. The lowest BCUT2D eigenvalue weighted by Crippen LogP contribution is -2.14. The third-order valence-electron chi connectivity index (χ3n) is 5.15. The summed E-state index contributed by atoms with van der Waals surface area (Å²) in [6.07, 6.45) is 2.24. The zero-order chi connectivity index (χ0) is 21.7. The van der Waals surface area contributed by atoms with Gasteiger partial charge in [0.05, 0.1) is 6.61 Å². The number of carbonyl (C=O) groups is 1. The minimum Gasteiger partial charge on any atom is -0.488 e. The molecule has 156 valence electrons. The van der Waals surface area contributed by atoms with Crippen LogP contribution in [-0.4, -0.2) is 12.6 Å². The highest BCUT2D eigenvalue weighted by atomic mass is 16.5. The first-order valence-electron chi connectivity index (χ1n) is 10.00. The molecule has 0 fully saturated rings. The summed E-state index contributed by atoms with van der Waals surface area (Å²) in [6.45, 7) is 9.99. The maximum absolute atomic E-state index is 12.6. The van der Waals surface area contributed by atoms with Crippen molar-refractivity contribution in [3.05, 3.63) is 81.2 Å². The summed E-state index contributed by atoms with van der Waals surface area (Å²) in [5.41, 5.74) is 4.27. The molecular formula is C25H26O5. The molecule has 30 heavy (non-hydrogen) atoms. The van der Waals surface area contributed by atoms with Crippen molar-refractivity contribution in [2.75, 3.05) is 6.61 Å². The van der Waals surface area contributed by atoms with Crippen LogP contribution in [-0.2, 0) is 22.6 Å². The van der Waals surface area contributed by atoms with Gasteiger partial charge in [0.25, 0.3) is 0 Å². The van der Waals surface area contributed by atoms with Crippen molar-refractivity contribution in [1.29, 1.82) is 0 Å². The number of benzene rings is 2. The Balaban J connectivity index is 1.84. The first-order valence-corrected chi connectivity index (χ1v) is 10.00. The first-order chi connectivity index (χ1) is 14.4. The molecule has 0 spiro atoms. The van der Waals surface area contributed by atoms with Crippen LogP contribution in [0.5, 0.6) is 5.75 Å². The molecular weight excluding hydrogens is 380 g/mol. The van der Waals surface area contributed by atoms with E-state index in [1.807, 2.05) is 50.2 Å². The van der Waals surface area contributed by atoms with Crippen LogP contribution in [0.3, 0.4) is 0 Å². The Kier molecular flexibility index (Phi) is 6.72.